The van der Waals surface area contributed by atoms with Crippen molar-refractivity contribution < 1.29 is 29.0 Å². The van der Waals surface area contributed by atoms with E-state index >= 15 is 0 Å². The van der Waals surface area contributed by atoms with Crippen molar-refractivity contribution >= 4 is 27.1 Å². The second kappa shape index (κ2) is 23.1. The lowest BCUT2D eigenvalue weighted by molar-refractivity contribution is -0.183. The highest BCUT2D eigenvalue weighted by atomic mass is 32.1. The molecule has 0 aromatic carbocycles. The van der Waals surface area contributed by atoms with Gasteiger partial charge in [-0.2, -0.15) is 0 Å². The SMILES string of the molecule is CCCCCCCCCCCC(CCCCCCC)CC(S)OC(CC)OCC(O)([PH2]=O)C(=O)O. The van der Waals surface area contributed by atoms with Crippen molar-refractivity contribution in [1.82, 2.24) is 0 Å². The lowest BCUT2D eigenvalue weighted by Gasteiger charge is -2.26. The van der Waals surface area contributed by atoms with Gasteiger partial charge in [0.05, 0.1) is 6.61 Å². The predicted octanol–water partition coefficient (Wildman–Crippen LogP) is 7.83. The van der Waals surface area contributed by atoms with Crippen LogP contribution in [0.5, 0.6) is 0 Å². The van der Waals surface area contributed by atoms with E-state index in [4.69, 9.17) is 14.6 Å². The predicted molar refractivity (Wildman–Crippen MR) is 150 cm³/mol. The summed E-state index contributed by atoms with van der Waals surface area (Å²) in [5.41, 5.74) is -0.323. The molecule has 0 aromatic heterocycles. The Kier molecular flexibility index (Phi) is 23.0. The van der Waals surface area contributed by atoms with Crippen molar-refractivity contribution in [2.75, 3.05) is 6.61 Å². The topological polar surface area (TPSA) is 93.1 Å². The Morgan fingerprint density at radius 2 is 1.31 bits per heavy atom. The van der Waals surface area contributed by atoms with Gasteiger partial charge in [0.1, 0.15) is 13.9 Å². The maximum atomic E-state index is 11.2. The van der Waals surface area contributed by atoms with Crippen LogP contribution < -0.4 is 0 Å². The Hall–Kier alpha value is -0.0700. The first-order chi connectivity index (χ1) is 16.8. The van der Waals surface area contributed by atoms with Crippen molar-refractivity contribution in [1.29, 1.82) is 0 Å². The number of carbonyl (C=O) groups is 1. The number of carboxylic acids is 1. The summed E-state index contributed by atoms with van der Waals surface area (Å²) in [6.07, 6.45) is 21.2. The first kappa shape index (κ1) is 34.9. The molecule has 5 unspecified atom stereocenters. The zero-order chi connectivity index (χ0) is 26.4. The minimum absolute atomic E-state index is 0.323. The molecule has 0 saturated carbocycles. The third kappa shape index (κ3) is 18.8. The molecule has 35 heavy (non-hydrogen) atoms. The second-order valence-electron chi connectivity index (χ2n) is 10.0. The van der Waals surface area contributed by atoms with Crippen LogP contribution in [0.4, 0.5) is 0 Å². The molecule has 0 aliphatic heterocycles. The molecule has 0 heterocycles. The molecule has 0 spiro atoms. The van der Waals surface area contributed by atoms with Crippen LogP contribution in [0.25, 0.3) is 0 Å². The molecule has 0 aliphatic carbocycles. The summed E-state index contributed by atoms with van der Waals surface area (Å²) in [5, 5.41) is 16.6. The summed E-state index contributed by atoms with van der Waals surface area (Å²) < 4.78 is 22.6. The molecule has 0 amide bonds. The van der Waals surface area contributed by atoms with Crippen molar-refractivity contribution in [2.24, 2.45) is 5.92 Å². The molecular weight excluding hydrogens is 483 g/mol. The monoisotopic (exact) mass is 538 g/mol. The molecule has 210 valence electrons. The van der Waals surface area contributed by atoms with Crippen molar-refractivity contribution in [2.45, 2.75) is 153 Å². The number of ether oxygens (including phenoxy) is 2. The van der Waals surface area contributed by atoms with Gasteiger partial charge in [0.25, 0.3) is 0 Å². The Morgan fingerprint density at radius 1 is 0.857 bits per heavy atom. The third-order valence-electron chi connectivity index (χ3n) is 6.66. The van der Waals surface area contributed by atoms with Crippen molar-refractivity contribution in [3.05, 3.63) is 0 Å². The van der Waals surface area contributed by atoms with E-state index in [0.29, 0.717) is 12.3 Å². The Balaban J connectivity index is 4.52. The van der Waals surface area contributed by atoms with Gasteiger partial charge >= 0.3 is 5.97 Å². The summed E-state index contributed by atoms with van der Waals surface area (Å²) in [4.78, 5) is 11.1. The number of hydrogen-bond acceptors (Lipinski definition) is 6. The van der Waals surface area contributed by atoms with Crippen LogP contribution in [-0.2, 0) is 18.8 Å². The van der Waals surface area contributed by atoms with E-state index in [-0.39, 0.29) is 5.44 Å². The van der Waals surface area contributed by atoms with E-state index in [1.807, 2.05) is 6.92 Å². The molecule has 8 heteroatoms. The van der Waals surface area contributed by atoms with Crippen LogP contribution in [0, 0.1) is 5.92 Å². The molecule has 0 bridgehead atoms. The number of unbranched alkanes of at least 4 members (excludes halogenated alkanes) is 12. The number of aliphatic hydroxyl groups is 1. The van der Waals surface area contributed by atoms with Gasteiger partial charge in [-0.25, -0.2) is 4.79 Å². The highest BCUT2D eigenvalue weighted by Crippen LogP contribution is 2.27. The van der Waals surface area contributed by atoms with E-state index in [1.54, 1.807) is 0 Å². The van der Waals surface area contributed by atoms with E-state index in [2.05, 4.69) is 26.5 Å². The van der Waals surface area contributed by atoms with E-state index < -0.39 is 32.7 Å². The molecule has 0 saturated heterocycles. The molecular formula is C27H55O6PS. The standard InChI is InChI=1S/C27H55O6PS/c1-4-7-9-11-12-13-14-16-18-20-23(19-17-15-10-8-5-2)21-25(35)33-24(6-3)32-22-27(30,34-31)26(28)29/h23-25,30,35H,4-22,34H2,1-3H3,(H,28,29). The number of thiol groups is 1. The molecule has 2 N–H and O–H groups in total. The second-order valence-corrected chi connectivity index (χ2v) is 11.8. The molecule has 0 aliphatic rings. The van der Waals surface area contributed by atoms with Crippen LogP contribution in [0.2, 0.25) is 0 Å². The fourth-order valence-electron chi connectivity index (χ4n) is 4.30. The highest BCUT2D eigenvalue weighted by molar-refractivity contribution is 7.80. The lowest BCUT2D eigenvalue weighted by Crippen LogP contribution is -2.39. The average molecular weight is 539 g/mol. The molecule has 0 aromatic rings. The van der Waals surface area contributed by atoms with Gasteiger partial charge in [0.15, 0.2) is 6.29 Å². The minimum atomic E-state index is -2.35. The zero-order valence-corrected chi connectivity index (χ0v) is 24.8. The summed E-state index contributed by atoms with van der Waals surface area (Å²) in [5.74, 6) is -0.993. The van der Waals surface area contributed by atoms with Crippen LogP contribution in [-0.4, -0.2) is 39.9 Å². The van der Waals surface area contributed by atoms with E-state index in [9.17, 15) is 14.5 Å². The van der Waals surface area contributed by atoms with Gasteiger partial charge in [-0.15, -0.1) is 12.6 Å². The van der Waals surface area contributed by atoms with Gasteiger partial charge in [-0.3, -0.25) is 0 Å². The molecule has 5 atom stereocenters. The largest absolute Gasteiger partial charge is 0.479 e. The minimum Gasteiger partial charge on any atom is -0.479 e. The van der Waals surface area contributed by atoms with Crippen LogP contribution in [0.1, 0.15) is 136 Å². The number of rotatable bonds is 26. The number of hydrogen-bond donors (Lipinski definition) is 3. The van der Waals surface area contributed by atoms with Crippen LogP contribution >= 0.6 is 21.1 Å². The molecule has 0 radical (unpaired) electrons. The Bertz CT molecular complexity index is 524. The van der Waals surface area contributed by atoms with Gasteiger partial charge in [-0.05, 0) is 18.8 Å². The fraction of sp³-hybridized carbons (Fsp3) is 0.963. The van der Waals surface area contributed by atoms with E-state index in [1.165, 1.54) is 103 Å². The maximum absolute atomic E-state index is 11.2. The zero-order valence-electron chi connectivity index (χ0n) is 22.7. The van der Waals surface area contributed by atoms with E-state index in [0.717, 1.165) is 6.42 Å². The third-order valence-corrected chi connectivity index (χ3v) is 7.80. The molecule has 0 fully saturated rings. The summed E-state index contributed by atoms with van der Waals surface area (Å²) in [6.45, 7) is 5.80. The quantitative estimate of drug-likeness (QED) is 0.0450. The van der Waals surface area contributed by atoms with Crippen molar-refractivity contribution in [3.63, 3.8) is 0 Å². The summed E-state index contributed by atoms with van der Waals surface area (Å²) >= 11 is 4.65. The highest BCUT2D eigenvalue weighted by Gasteiger charge is 2.36. The number of aliphatic carboxylic acids is 1. The van der Waals surface area contributed by atoms with Gasteiger partial charge in [0.2, 0.25) is 5.34 Å². The maximum Gasteiger partial charge on any atom is 0.345 e. The van der Waals surface area contributed by atoms with Gasteiger partial charge < -0.3 is 24.3 Å². The van der Waals surface area contributed by atoms with Crippen LogP contribution in [0.3, 0.4) is 0 Å². The smallest absolute Gasteiger partial charge is 0.345 e. The summed E-state index contributed by atoms with van der Waals surface area (Å²) in [6, 6.07) is 0. The van der Waals surface area contributed by atoms with Crippen molar-refractivity contribution in [3.8, 4) is 0 Å². The first-order valence-corrected chi connectivity index (χ1v) is 15.8. The van der Waals surface area contributed by atoms with Crippen LogP contribution in [0.15, 0.2) is 0 Å². The lowest BCUT2D eigenvalue weighted by atomic mass is 9.91. The molecule has 0 rings (SSSR count). The Labute approximate surface area is 221 Å². The van der Waals surface area contributed by atoms with Gasteiger partial charge in [0, 0.05) is 0 Å². The van der Waals surface area contributed by atoms with Gasteiger partial charge in [-0.1, -0.05) is 124 Å². The summed E-state index contributed by atoms with van der Waals surface area (Å²) in [7, 11) is -1.93. The molecule has 6 nitrogen and oxygen atoms in total. The number of carboxylic acid groups (broad SMARTS) is 1. The Morgan fingerprint density at radius 3 is 1.71 bits per heavy atom. The fourth-order valence-corrected chi connectivity index (χ4v) is 4.99. The average Bonchev–Trinajstić information content (AvgIpc) is 2.84. The first-order valence-electron chi connectivity index (χ1n) is 14.2. The normalized spacial score (nSPS) is 16.4.